The number of benzene rings is 1. The molecule has 1 aromatic heterocycles. The first-order valence-electron chi connectivity index (χ1n) is 8.24. The Morgan fingerprint density at radius 3 is 3.00 bits per heavy atom. The van der Waals surface area contributed by atoms with Crippen LogP contribution in [0.3, 0.4) is 0 Å². The molecule has 0 radical (unpaired) electrons. The highest BCUT2D eigenvalue weighted by Crippen LogP contribution is 2.11. The Kier molecular flexibility index (Phi) is 5.98. The fraction of sp³-hybridized carbons (Fsp3) is 0.444. The van der Waals surface area contributed by atoms with Crippen molar-refractivity contribution in [1.29, 1.82) is 0 Å². The SMILES string of the molecule is O=C(NCC1CCOC1)c1cc(CCOCc2ccccc2)no1. The molecule has 1 atom stereocenters. The van der Waals surface area contributed by atoms with Gasteiger partial charge >= 0.3 is 0 Å². The summed E-state index contributed by atoms with van der Waals surface area (Å²) < 4.78 is 16.0. The van der Waals surface area contributed by atoms with Crippen LogP contribution in [0.5, 0.6) is 0 Å². The Hall–Kier alpha value is -2.18. The average Bonchev–Trinajstić information content (AvgIpc) is 3.29. The standard InChI is InChI=1S/C18H22N2O4/c21-18(19-11-15-6-8-22-13-15)17-10-16(20-24-17)7-9-23-12-14-4-2-1-3-5-14/h1-5,10,15H,6-9,11-13H2,(H,19,21). The molecule has 1 aromatic carbocycles. The van der Waals surface area contributed by atoms with Crippen molar-refractivity contribution < 1.29 is 18.8 Å². The van der Waals surface area contributed by atoms with Crippen LogP contribution in [0, 0.1) is 5.92 Å². The largest absolute Gasteiger partial charge is 0.381 e. The zero-order valence-electron chi connectivity index (χ0n) is 13.6. The Morgan fingerprint density at radius 2 is 2.21 bits per heavy atom. The molecule has 1 amide bonds. The molecule has 1 saturated heterocycles. The van der Waals surface area contributed by atoms with Crippen molar-refractivity contribution in [2.24, 2.45) is 5.92 Å². The van der Waals surface area contributed by atoms with Gasteiger partial charge in [-0.15, -0.1) is 0 Å². The topological polar surface area (TPSA) is 73.6 Å². The zero-order chi connectivity index (χ0) is 16.6. The van der Waals surface area contributed by atoms with Crippen molar-refractivity contribution >= 4 is 5.91 Å². The van der Waals surface area contributed by atoms with Crippen LogP contribution in [-0.2, 0) is 22.5 Å². The lowest BCUT2D eigenvalue weighted by Crippen LogP contribution is -2.29. The average molecular weight is 330 g/mol. The van der Waals surface area contributed by atoms with Crippen molar-refractivity contribution in [1.82, 2.24) is 10.5 Å². The van der Waals surface area contributed by atoms with Gasteiger partial charge in [-0.25, -0.2) is 0 Å². The lowest BCUT2D eigenvalue weighted by atomic mass is 10.1. The third-order valence-corrected chi connectivity index (χ3v) is 3.97. The highest BCUT2D eigenvalue weighted by molar-refractivity contribution is 5.91. The number of carbonyl (C=O) groups excluding carboxylic acids is 1. The predicted molar refractivity (Wildman–Crippen MR) is 87.6 cm³/mol. The van der Waals surface area contributed by atoms with Gasteiger partial charge in [0, 0.05) is 31.6 Å². The van der Waals surface area contributed by atoms with E-state index >= 15 is 0 Å². The maximum atomic E-state index is 12.0. The normalized spacial score (nSPS) is 17.1. The van der Waals surface area contributed by atoms with Crippen molar-refractivity contribution in [2.75, 3.05) is 26.4 Å². The van der Waals surface area contributed by atoms with E-state index in [4.69, 9.17) is 14.0 Å². The van der Waals surface area contributed by atoms with Gasteiger partial charge in [-0.3, -0.25) is 4.79 Å². The summed E-state index contributed by atoms with van der Waals surface area (Å²) in [5.74, 6) is 0.403. The molecule has 2 aromatic rings. The first-order chi connectivity index (χ1) is 11.8. The fourth-order valence-corrected chi connectivity index (χ4v) is 2.55. The Bertz CT molecular complexity index is 635. The van der Waals surface area contributed by atoms with Crippen LogP contribution in [0.15, 0.2) is 40.9 Å². The van der Waals surface area contributed by atoms with Crippen molar-refractivity contribution in [3.05, 3.63) is 53.4 Å². The van der Waals surface area contributed by atoms with Crippen LogP contribution < -0.4 is 5.32 Å². The van der Waals surface area contributed by atoms with E-state index in [2.05, 4.69) is 10.5 Å². The molecule has 6 heteroatoms. The number of hydrogen-bond donors (Lipinski definition) is 1. The number of hydrogen-bond acceptors (Lipinski definition) is 5. The molecular weight excluding hydrogens is 308 g/mol. The van der Waals surface area contributed by atoms with Crippen LogP contribution in [0.1, 0.15) is 28.2 Å². The molecule has 1 fully saturated rings. The minimum absolute atomic E-state index is 0.231. The minimum atomic E-state index is -0.231. The molecule has 1 aliphatic rings. The van der Waals surface area contributed by atoms with Crippen molar-refractivity contribution in [3.8, 4) is 0 Å². The van der Waals surface area contributed by atoms with Gasteiger partial charge in [0.2, 0.25) is 5.76 Å². The molecule has 0 saturated carbocycles. The molecule has 1 aliphatic heterocycles. The lowest BCUT2D eigenvalue weighted by Gasteiger charge is -2.07. The molecule has 0 spiro atoms. The van der Waals surface area contributed by atoms with Gasteiger partial charge in [-0.05, 0) is 12.0 Å². The second kappa shape index (κ2) is 8.61. The molecule has 0 aliphatic carbocycles. The first kappa shape index (κ1) is 16.7. The Morgan fingerprint density at radius 1 is 1.33 bits per heavy atom. The van der Waals surface area contributed by atoms with Gasteiger partial charge in [-0.1, -0.05) is 35.5 Å². The molecule has 6 nitrogen and oxygen atoms in total. The van der Waals surface area contributed by atoms with Gasteiger partial charge in [-0.2, -0.15) is 0 Å². The van der Waals surface area contributed by atoms with Crippen molar-refractivity contribution in [3.63, 3.8) is 0 Å². The predicted octanol–water partition coefficient (Wildman–Crippen LogP) is 2.20. The van der Waals surface area contributed by atoms with E-state index in [0.717, 1.165) is 24.3 Å². The quantitative estimate of drug-likeness (QED) is 0.751. The minimum Gasteiger partial charge on any atom is -0.381 e. The third kappa shape index (κ3) is 4.91. The van der Waals surface area contributed by atoms with E-state index in [1.54, 1.807) is 6.07 Å². The summed E-state index contributed by atoms with van der Waals surface area (Å²) in [6.07, 6.45) is 1.60. The van der Waals surface area contributed by atoms with E-state index in [9.17, 15) is 4.79 Å². The Labute approximate surface area is 141 Å². The summed E-state index contributed by atoms with van der Waals surface area (Å²) >= 11 is 0. The van der Waals surface area contributed by atoms with Gasteiger partial charge in [0.25, 0.3) is 5.91 Å². The van der Waals surface area contributed by atoms with Crippen LogP contribution >= 0.6 is 0 Å². The monoisotopic (exact) mass is 330 g/mol. The summed E-state index contributed by atoms with van der Waals surface area (Å²) in [6.45, 7) is 3.18. The Balaban J connectivity index is 1.37. The van der Waals surface area contributed by atoms with E-state index in [1.807, 2.05) is 30.3 Å². The molecule has 0 bridgehead atoms. The van der Waals surface area contributed by atoms with E-state index in [-0.39, 0.29) is 11.7 Å². The van der Waals surface area contributed by atoms with E-state index in [1.165, 1.54) is 0 Å². The summed E-state index contributed by atoms with van der Waals surface area (Å²) in [7, 11) is 0. The van der Waals surface area contributed by atoms with Crippen LogP contribution in [0.25, 0.3) is 0 Å². The molecule has 2 heterocycles. The summed E-state index contributed by atoms with van der Waals surface area (Å²) in [6, 6.07) is 11.7. The van der Waals surface area contributed by atoms with Crippen LogP contribution in [-0.4, -0.2) is 37.4 Å². The molecule has 3 rings (SSSR count). The van der Waals surface area contributed by atoms with Gasteiger partial charge in [0.15, 0.2) is 0 Å². The van der Waals surface area contributed by atoms with Crippen molar-refractivity contribution in [2.45, 2.75) is 19.4 Å². The number of aromatic nitrogens is 1. The highest BCUT2D eigenvalue weighted by Gasteiger charge is 2.18. The third-order valence-electron chi connectivity index (χ3n) is 3.97. The maximum absolute atomic E-state index is 12.0. The number of nitrogens with zero attached hydrogens (tertiary/aromatic N) is 1. The molecule has 128 valence electrons. The number of carbonyl (C=O) groups is 1. The van der Waals surface area contributed by atoms with Gasteiger partial charge in [0.1, 0.15) is 0 Å². The maximum Gasteiger partial charge on any atom is 0.289 e. The van der Waals surface area contributed by atoms with Crippen LogP contribution in [0.4, 0.5) is 0 Å². The number of ether oxygens (including phenoxy) is 2. The molecule has 24 heavy (non-hydrogen) atoms. The van der Waals surface area contributed by atoms with E-state index < -0.39 is 0 Å². The summed E-state index contributed by atoms with van der Waals surface area (Å²) in [4.78, 5) is 12.0. The number of rotatable bonds is 8. The van der Waals surface area contributed by atoms with Crippen LogP contribution in [0.2, 0.25) is 0 Å². The number of nitrogens with one attached hydrogen (secondary N) is 1. The lowest BCUT2D eigenvalue weighted by molar-refractivity contribution is 0.0908. The second-order valence-corrected chi connectivity index (χ2v) is 5.91. The zero-order valence-corrected chi connectivity index (χ0v) is 13.6. The summed E-state index contributed by atoms with van der Waals surface area (Å²) in [5.41, 5.74) is 1.85. The van der Waals surface area contributed by atoms with E-state index in [0.29, 0.717) is 38.7 Å². The molecule has 1 unspecified atom stereocenters. The smallest absolute Gasteiger partial charge is 0.289 e. The fourth-order valence-electron chi connectivity index (χ4n) is 2.55. The first-order valence-corrected chi connectivity index (χ1v) is 8.24. The second-order valence-electron chi connectivity index (χ2n) is 5.91. The highest BCUT2D eigenvalue weighted by atomic mass is 16.5. The molecular formula is C18H22N2O4. The van der Waals surface area contributed by atoms with Gasteiger partial charge in [0.05, 0.1) is 25.5 Å². The van der Waals surface area contributed by atoms with Gasteiger partial charge < -0.3 is 19.3 Å². The summed E-state index contributed by atoms with van der Waals surface area (Å²) in [5, 5.41) is 6.78. The number of amides is 1. The molecule has 1 N–H and O–H groups in total.